The van der Waals surface area contributed by atoms with Crippen LogP contribution >= 0.6 is 0 Å². The maximum atomic E-state index is 13.1. The lowest BCUT2D eigenvalue weighted by Gasteiger charge is -2.14. The van der Waals surface area contributed by atoms with Crippen LogP contribution in [0.3, 0.4) is 0 Å². The van der Waals surface area contributed by atoms with E-state index in [9.17, 15) is 9.18 Å². The van der Waals surface area contributed by atoms with Gasteiger partial charge >= 0.3 is 0 Å². The number of halogens is 1. The SMILES string of the molecule is COc1cncc(C2=NCc3cc(CC(=O)N[C@H](C)c4ccc(F)cc4)ncc32)c1. The number of benzene rings is 1. The lowest BCUT2D eigenvalue weighted by Crippen LogP contribution is -2.28. The minimum atomic E-state index is -0.300. The van der Waals surface area contributed by atoms with E-state index in [2.05, 4.69) is 20.3 Å². The highest BCUT2D eigenvalue weighted by molar-refractivity contribution is 6.15. The minimum Gasteiger partial charge on any atom is -0.495 e. The number of hydrogen-bond donors (Lipinski definition) is 1. The smallest absolute Gasteiger partial charge is 0.226 e. The van der Waals surface area contributed by atoms with Gasteiger partial charge in [-0.1, -0.05) is 12.1 Å². The maximum absolute atomic E-state index is 13.1. The first-order chi connectivity index (χ1) is 14.5. The molecule has 7 heteroatoms. The van der Waals surface area contributed by atoms with Crippen LogP contribution in [0.1, 0.15) is 40.9 Å². The second-order valence-electron chi connectivity index (χ2n) is 7.13. The summed E-state index contributed by atoms with van der Waals surface area (Å²) >= 11 is 0. The molecule has 0 bridgehead atoms. The third-order valence-corrected chi connectivity index (χ3v) is 5.02. The molecule has 4 rings (SSSR count). The fourth-order valence-corrected chi connectivity index (χ4v) is 3.44. The van der Waals surface area contributed by atoms with E-state index in [-0.39, 0.29) is 24.2 Å². The molecule has 0 fully saturated rings. The highest BCUT2D eigenvalue weighted by atomic mass is 19.1. The highest BCUT2D eigenvalue weighted by Crippen LogP contribution is 2.24. The van der Waals surface area contributed by atoms with Crippen LogP contribution in [0.4, 0.5) is 4.39 Å². The van der Waals surface area contributed by atoms with E-state index in [1.54, 1.807) is 37.8 Å². The number of nitrogens with one attached hydrogen (secondary N) is 1. The van der Waals surface area contributed by atoms with Gasteiger partial charge in [-0.25, -0.2) is 4.39 Å². The molecule has 0 aliphatic carbocycles. The first-order valence-corrected chi connectivity index (χ1v) is 9.60. The van der Waals surface area contributed by atoms with Gasteiger partial charge in [-0.05, 0) is 42.3 Å². The van der Waals surface area contributed by atoms with E-state index < -0.39 is 0 Å². The predicted octanol–water partition coefficient (Wildman–Crippen LogP) is 3.40. The number of aromatic nitrogens is 2. The summed E-state index contributed by atoms with van der Waals surface area (Å²) in [7, 11) is 1.60. The molecule has 0 unspecified atom stereocenters. The van der Waals surface area contributed by atoms with Crippen LogP contribution in [0.25, 0.3) is 0 Å². The summed E-state index contributed by atoms with van der Waals surface area (Å²) in [5.74, 6) is 0.224. The Hall–Kier alpha value is -3.61. The predicted molar refractivity (Wildman–Crippen MR) is 111 cm³/mol. The second-order valence-corrected chi connectivity index (χ2v) is 7.13. The molecule has 1 atom stereocenters. The number of carbonyl (C=O) groups excluding carboxylic acids is 1. The molecule has 3 heterocycles. The fourth-order valence-electron chi connectivity index (χ4n) is 3.44. The molecule has 1 aromatic carbocycles. The van der Waals surface area contributed by atoms with Crippen molar-refractivity contribution in [3.63, 3.8) is 0 Å². The van der Waals surface area contributed by atoms with Crippen molar-refractivity contribution >= 4 is 11.6 Å². The number of methoxy groups -OCH3 is 1. The molecule has 1 aliphatic rings. The standard InChI is InChI=1S/C23H21FN4O2/c1-14(15-3-5-18(24)6-4-15)28-22(29)9-19-7-16-11-27-23(21(16)13-26-19)17-8-20(30-2)12-25-10-17/h3-8,10,12-14H,9,11H2,1-2H3,(H,28,29)/t14-/m1/s1. The molecule has 152 valence electrons. The Bertz CT molecular complexity index is 1110. The fraction of sp³-hybridized carbons (Fsp3) is 0.217. The van der Waals surface area contributed by atoms with Crippen molar-refractivity contribution in [2.45, 2.75) is 25.9 Å². The summed E-state index contributed by atoms with van der Waals surface area (Å²) in [5, 5.41) is 2.93. The summed E-state index contributed by atoms with van der Waals surface area (Å²) < 4.78 is 18.3. The van der Waals surface area contributed by atoms with E-state index in [1.165, 1.54) is 12.1 Å². The van der Waals surface area contributed by atoms with Gasteiger partial charge in [0.1, 0.15) is 11.6 Å². The quantitative estimate of drug-likeness (QED) is 0.683. The van der Waals surface area contributed by atoms with Gasteiger partial charge in [0.15, 0.2) is 0 Å². The Morgan fingerprint density at radius 1 is 1.20 bits per heavy atom. The minimum absolute atomic E-state index is 0.143. The van der Waals surface area contributed by atoms with Crippen LogP contribution in [0.15, 0.2) is 60.0 Å². The highest BCUT2D eigenvalue weighted by Gasteiger charge is 2.20. The Balaban J connectivity index is 1.44. The Morgan fingerprint density at radius 2 is 2.00 bits per heavy atom. The van der Waals surface area contributed by atoms with Crippen molar-refractivity contribution in [2.75, 3.05) is 7.11 Å². The zero-order chi connectivity index (χ0) is 21.1. The average molecular weight is 404 g/mol. The van der Waals surface area contributed by atoms with Crippen molar-refractivity contribution < 1.29 is 13.9 Å². The van der Waals surface area contributed by atoms with Crippen LogP contribution in [0.2, 0.25) is 0 Å². The number of nitrogens with zero attached hydrogens (tertiary/aromatic N) is 3. The molecule has 0 saturated heterocycles. The topological polar surface area (TPSA) is 76.5 Å². The van der Waals surface area contributed by atoms with E-state index in [4.69, 9.17) is 4.74 Å². The van der Waals surface area contributed by atoms with E-state index in [1.807, 2.05) is 19.1 Å². The number of fused-ring (bicyclic) bond motifs is 1. The summed E-state index contributed by atoms with van der Waals surface area (Å²) in [6.45, 7) is 2.40. The summed E-state index contributed by atoms with van der Waals surface area (Å²) in [4.78, 5) is 25.7. The number of amides is 1. The molecule has 3 aromatic rings. The van der Waals surface area contributed by atoms with Gasteiger partial charge in [-0.3, -0.25) is 19.8 Å². The summed E-state index contributed by atoms with van der Waals surface area (Å²) in [6.07, 6.45) is 5.31. The number of rotatable bonds is 6. The zero-order valence-electron chi connectivity index (χ0n) is 16.7. The molecule has 2 aromatic heterocycles. The maximum Gasteiger partial charge on any atom is 0.226 e. The molecule has 6 nitrogen and oxygen atoms in total. The van der Waals surface area contributed by atoms with Crippen LogP contribution in [0.5, 0.6) is 5.75 Å². The Labute approximate surface area is 173 Å². The van der Waals surface area contributed by atoms with Crippen LogP contribution in [0, 0.1) is 5.82 Å². The van der Waals surface area contributed by atoms with Gasteiger partial charge in [0, 0.05) is 23.5 Å². The first-order valence-electron chi connectivity index (χ1n) is 9.60. The van der Waals surface area contributed by atoms with Crippen LogP contribution in [-0.4, -0.2) is 28.7 Å². The molecule has 0 radical (unpaired) electrons. The molecular weight excluding hydrogens is 383 g/mol. The number of aliphatic imine (C=N–C) groups is 1. The number of pyridine rings is 2. The van der Waals surface area contributed by atoms with E-state index in [0.717, 1.165) is 28.0 Å². The average Bonchev–Trinajstić information content (AvgIpc) is 3.17. The van der Waals surface area contributed by atoms with Gasteiger partial charge < -0.3 is 10.1 Å². The zero-order valence-corrected chi connectivity index (χ0v) is 16.7. The van der Waals surface area contributed by atoms with Crippen LogP contribution in [-0.2, 0) is 17.8 Å². The third-order valence-electron chi connectivity index (χ3n) is 5.02. The van der Waals surface area contributed by atoms with Gasteiger partial charge in [-0.15, -0.1) is 0 Å². The van der Waals surface area contributed by atoms with Crippen molar-refractivity contribution in [2.24, 2.45) is 4.99 Å². The van der Waals surface area contributed by atoms with Gasteiger partial charge in [0.25, 0.3) is 0 Å². The monoisotopic (exact) mass is 404 g/mol. The Morgan fingerprint density at radius 3 is 2.77 bits per heavy atom. The summed E-state index contributed by atoms with van der Waals surface area (Å²) in [5.41, 5.74) is 5.18. The van der Waals surface area contributed by atoms with E-state index in [0.29, 0.717) is 18.0 Å². The largest absolute Gasteiger partial charge is 0.495 e. The molecule has 1 amide bonds. The van der Waals surface area contributed by atoms with Gasteiger partial charge in [0.05, 0.1) is 43.7 Å². The first kappa shape index (κ1) is 19.7. The number of carbonyl (C=O) groups is 1. The lowest BCUT2D eigenvalue weighted by atomic mass is 10.0. The van der Waals surface area contributed by atoms with Crippen molar-refractivity contribution in [1.82, 2.24) is 15.3 Å². The molecule has 30 heavy (non-hydrogen) atoms. The normalized spacial score (nSPS) is 13.4. The van der Waals surface area contributed by atoms with Crippen molar-refractivity contribution in [3.8, 4) is 5.75 Å². The van der Waals surface area contributed by atoms with E-state index >= 15 is 0 Å². The number of ether oxygens (including phenoxy) is 1. The van der Waals surface area contributed by atoms with Crippen LogP contribution < -0.4 is 10.1 Å². The van der Waals surface area contributed by atoms with Gasteiger partial charge in [-0.2, -0.15) is 0 Å². The molecule has 0 spiro atoms. The lowest BCUT2D eigenvalue weighted by molar-refractivity contribution is -0.121. The van der Waals surface area contributed by atoms with Crippen molar-refractivity contribution in [1.29, 1.82) is 0 Å². The number of hydrogen-bond acceptors (Lipinski definition) is 5. The molecule has 1 N–H and O–H groups in total. The molecular formula is C23H21FN4O2. The Kier molecular flexibility index (Phi) is 5.52. The third kappa shape index (κ3) is 4.20. The molecule has 1 aliphatic heterocycles. The second kappa shape index (κ2) is 8.41. The van der Waals surface area contributed by atoms with Gasteiger partial charge in [0.2, 0.25) is 5.91 Å². The summed E-state index contributed by atoms with van der Waals surface area (Å²) in [6, 6.07) is 9.69. The van der Waals surface area contributed by atoms with Crippen molar-refractivity contribution in [3.05, 3.63) is 88.8 Å². The molecule has 0 saturated carbocycles.